The molecular formula is C15H23N3O3. The van der Waals surface area contributed by atoms with Crippen LogP contribution in [0.15, 0.2) is 18.2 Å². The molecule has 1 saturated heterocycles. The summed E-state index contributed by atoms with van der Waals surface area (Å²) in [5.41, 5.74) is 6.75. The monoisotopic (exact) mass is 293 g/mol. The van der Waals surface area contributed by atoms with E-state index in [-0.39, 0.29) is 5.91 Å². The first-order chi connectivity index (χ1) is 10.2. The van der Waals surface area contributed by atoms with Crippen LogP contribution >= 0.6 is 0 Å². The SMILES string of the molecule is COc1c(N)cccc1C(=O)NCCCN1CCOCC1. The molecule has 0 atom stereocenters. The number of methoxy groups -OCH3 is 1. The van der Waals surface area contributed by atoms with Crippen LogP contribution in [0.2, 0.25) is 0 Å². The van der Waals surface area contributed by atoms with Gasteiger partial charge in [-0.05, 0) is 25.1 Å². The van der Waals surface area contributed by atoms with E-state index in [1.165, 1.54) is 7.11 Å². The molecule has 116 valence electrons. The van der Waals surface area contributed by atoms with Crippen LogP contribution in [-0.2, 0) is 4.74 Å². The molecule has 1 heterocycles. The standard InChI is InChI=1S/C15H23N3O3/c1-20-14-12(4-2-5-13(14)16)15(19)17-6-3-7-18-8-10-21-11-9-18/h2,4-5H,3,6-11,16H2,1H3,(H,17,19). The van der Waals surface area contributed by atoms with Gasteiger partial charge < -0.3 is 20.5 Å². The fourth-order valence-electron chi connectivity index (χ4n) is 2.39. The highest BCUT2D eigenvalue weighted by molar-refractivity contribution is 5.98. The number of nitrogens with one attached hydrogen (secondary N) is 1. The normalized spacial score (nSPS) is 15.7. The molecule has 3 N–H and O–H groups in total. The molecule has 0 bridgehead atoms. The number of rotatable bonds is 6. The van der Waals surface area contributed by atoms with Crippen LogP contribution < -0.4 is 15.8 Å². The third-order valence-electron chi connectivity index (χ3n) is 3.53. The van der Waals surface area contributed by atoms with Crippen LogP contribution in [-0.4, -0.2) is 57.3 Å². The number of hydrogen-bond donors (Lipinski definition) is 2. The highest BCUT2D eigenvalue weighted by Gasteiger charge is 2.14. The van der Waals surface area contributed by atoms with Crippen LogP contribution in [0.25, 0.3) is 0 Å². The third kappa shape index (κ3) is 4.34. The zero-order valence-electron chi connectivity index (χ0n) is 12.4. The van der Waals surface area contributed by atoms with Gasteiger partial charge in [-0.15, -0.1) is 0 Å². The summed E-state index contributed by atoms with van der Waals surface area (Å²) in [4.78, 5) is 14.5. The fraction of sp³-hybridized carbons (Fsp3) is 0.533. The summed E-state index contributed by atoms with van der Waals surface area (Å²) in [7, 11) is 1.51. The van der Waals surface area contributed by atoms with Crippen molar-refractivity contribution in [2.75, 3.05) is 52.2 Å². The number of nitrogens with zero attached hydrogens (tertiary/aromatic N) is 1. The number of carbonyl (C=O) groups is 1. The van der Waals surface area contributed by atoms with E-state index in [0.29, 0.717) is 23.5 Å². The summed E-state index contributed by atoms with van der Waals surface area (Å²) < 4.78 is 10.5. The summed E-state index contributed by atoms with van der Waals surface area (Å²) in [6, 6.07) is 5.18. The second-order valence-electron chi connectivity index (χ2n) is 4.99. The molecule has 1 fully saturated rings. The van der Waals surface area contributed by atoms with Gasteiger partial charge in [-0.25, -0.2) is 0 Å². The van der Waals surface area contributed by atoms with Crippen LogP contribution in [0.5, 0.6) is 5.75 Å². The second kappa shape index (κ2) is 7.85. The number of ether oxygens (including phenoxy) is 2. The van der Waals surface area contributed by atoms with Crippen LogP contribution in [0, 0.1) is 0 Å². The van der Waals surface area contributed by atoms with Crippen molar-refractivity contribution in [3.63, 3.8) is 0 Å². The van der Waals surface area contributed by atoms with E-state index in [2.05, 4.69) is 10.2 Å². The van der Waals surface area contributed by atoms with Crippen LogP contribution in [0.4, 0.5) is 5.69 Å². The minimum atomic E-state index is -0.152. The Morgan fingerprint density at radius 3 is 2.90 bits per heavy atom. The summed E-state index contributed by atoms with van der Waals surface area (Å²) >= 11 is 0. The van der Waals surface area contributed by atoms with Crippen molar-refractivity contribution < 1.29 is 14.3 Å². The topological polar surface area (TPSA) is 76.8 Å². The largest absolute Gasteiger partial charge is 0.494 e. The fourth-order valence-corrected chi connectivity index (χ4v) is 2.39. The number of hydrogen-bond acceptors (Lipinski definition) is 5. The van der Waals surface area contributed by atoms with Gasteiger partial charge in [-0.1, -0.05) is 6.07 Å². The van der Waals surface area contributed by atoms with Gasteiger partial charge >= 0.3 is 0 Å². The van der Waals surface area contributed by atoms with E-state index in [0.717, 1.165) is 39.3 Å². The molecule has 1 amide bonds. The lowest BCUT2D eigenvalue weighted by Crippen LogP contribution is -2.38. The van der Waals surface area contributed by atoms with Gasteiger partial charge in [-0.2, -0.15) is 0 Å². The number of nitrogen functional groups attached to an aromatic ring is 1. The lowest BCUT2D eigenvalue weighted by Gasteiger charge is -2.26. The molecule has 6 heteroatoms. The quantitative estimate of drug-likeness (QED) is 0.597. The minimum Gasteiger partial charge on any atom is -0.494 e. The van der Waals surface area contributed by atoms with Gasteiger partial charge in [0.25, 0.3) is 5.91 Å². The number of benzene rings is 1. The van der Waals surface area contributed by atoms with Crippen molar-refractivity contribution in [2.45, 2.75) is 6.42 Å². The third-order valence-corrected chi connectivity index (χ3v) is 3.53. The highest BCUT2D eigenvalue weighted by Crippen LogP contribution is 2.25. The molecule has 1 aliphatic heterocycles. The highest BCUT2D eigenvalue weighted by atomic mass is 16.5. The smallest absolute Gasteiger partial charge is 0.255 e. The number of anilines is 1. The predicted octanol–water partition coefficient (Wildman–Crippen LogP) is 0.730. The van der Waals surface area contributed by atoms with Gasteiger partial charge in [-0.3, -0.25) is 9.69 Å². The molecule has 0 saturated carbocycles. The minimum absolute atomic E-state index is 0.152. The van der Waals surface area contributed by atoms with Gasteiger partial charge in [0.05, 0.1) is 31.6 Å². The summed E-state index contributed by atoms with van der Waals surface area (Å²) in [6.45, 7) is 5.14. The molecule has 0 aromatic heterocycles. The molecule has 0 radical (unpaired) electrons. The summed E-state index contributed by atoms with van der Waals surface area (Å²) in [5, 5.41) is 2.91. The van der Waals surface area contributed by atoms with Crippen LogP contribution in [0.3, 0.4) is 0 Å². The zero-order chi connectivity index (χ0) is 15.1. The maximum atomic E-state index is 12.1. The average Bonchev–Trinajstić information content (AvgIpc) is 2.52. The van der Waals surface area contributed by atoms with E-state index >= 15 is 0 Å². The Morgan fingerprint density at radius 1 is 1.43 bits per heavy atom. The van der Waals surface area contributed by atoms with Gasteiger partial charge in [0.1, 0.15) is 0 Å². The molecule has 1 aromatic rings. The number of amides is 1. The van der Waals surface area contributed by atoms with Gasteiger partial charge in [0.2, 0.25) is 0 Å². The lowest BCUT2D eigenvalue weighted by atomic mass is 10.1. The Balaban J connectivity index is 1.78. The van der Waals surface area contributed by atoms with Crippen molar-refractivity contribution in [1.29, 1.82) is 0 Å². The molecule has 0 aliphatic carbocycles. The molecule has 1 aliphatic rings. The van der Waals surface area contributed by atoms with E-state index < -0.39 is 0 Å². The van der Waals surface area contributed by atoms with Crippen molar-refractivity contribution in [3.8, 4) is 5.75 Å². The first-order valence-corrected chi connectivity index (χ1v) is 7.23. The number of morpholine rings is 1. The molecule has 0 spiro atoms. The molecule has 21 heavy (non-hydrogen) atoms. The molecule has 6 nitrogen and oxygen atoms in total. The van der Waals surface area contributed by atoms with Crippen LogP contribution in [0.1, 0.15) is 16.8 Å². The van der Waals surface area contributed by atoms with Crippen molar-refractivity contribution in [3.05, 3.63) is 23.8 Å². The first-order valence-electron chi connectivity index (χ1n) is 7.23. The first kappa shape index (κ1) is 15.6. The van der Waals surface area contributed by atoms with E-state index in [9.17, 15) is 4.79 Å². The predicted molar refractivity (Wildman–Crippen MR) is 81.6 cm³/mol. The Kier molecular flexibility index (Phi) is 5.83. The Bertz CT molecular complexity index is 473. The Labute approximate surface area is 125 Å². The molecule has 0 unspecified atom stereocenters. The average molecular weight is 293 g/mol. The lowest BCUT2D eigenvalue weighted by molar-refractivity contribution is 0.0374. The number of carbonyl (C=O) groups excluding carboxylic acids is 1. The molecule has 1 aromatic carbocycles. The maximum Gasteiger partial charge on any atom is 0.255 e. The Morgan fingerprint density at radius 2 is 2.19 bits per heavy atom. The van der Waals surface area contributed by atoms with Gasteiger partial charge in [0, 0.05) is 19.6 Å². The van der Waals surface area contributed by atoms with Crippen molar-refractivity contribution in [2.24, 2.45) is 0 Å². The van der Waals surface area contributed by atoms with E-state index in [4.69, 9.17) is 15.2 Å². The van der Waals surface area contributed by atoms with Crippen molar-refractivity contribution >= 4 is 11.6 Å². The van der Waals surface area contributed by atoms with E-state index in [1.807, 2.05) is 0 Å². The second-order valence-corrected chi connectivity index (χ2v) is 4.99. The summed E-state index contributed by atoms with van der Waals surface area (Å²) in [6.07, 6.45) is 0.913. The molecular weight excluding hydrogens is 270 g/mol. The molecule has 2 rings (SSSR count). The number of para-hydroxylation sites is 1. The number of nitrogens with two attached hydrogens (primary N) is 1. The summed E-state index contributed by atoms with van der Waals surface area (Å²) in [5.74, 6) is 0.282. The van der Waals surface area contributed by atoms with Crippen molar-refractivity contribution in [1.82, 2.24) is 10.2 Å². The van der Waals surface area contributed by atoms with E-state index in [1.54, 1.807) is 18.2 Å². The Hall–Kier alpha value is -1.79. The maximum absolute atomic E-state index is 12.1. The zero-order valence-corrected chi connectivity index (χ0v) is 12.4. The van der Waals surface area contributed by atoms with Gasteiger partial charge in [0.15, 0.2) is 5.75 Å².